The Bertz CT molecular complexity index is 538. The maximum Gasteiger partial charge on any atom is 0.404 e. The van der Waals surface area contributed by atoms with Crippen molar-refractivity contribution < 1.29 is 13.3 Å². The second-order valence-corrected chi connectivity index (χ2v) is 6.68. The average molecular weight is 310 g/mol. The summed E-state index contributed by atoms with van der Waals surface area (Å²) < 4.78 is 24.1. The molecular weight excluding hydrogens is 302 g/mol. The highest BCUT2D eigenvalue weighted by Gasteiger charge is 2.33. The lowest BCUT2D eigenvalue weighted by Gasteiger charge is -2.01. The van der Waals surface area contributed by atoms with E-state index in [0.29, 0.717) is 6.42 Å². The Labute approximate surface area is 99.6 Å². The molecule has 0 N–H and O–H groups in total. The molecule has 2 heterocycles. The fraction of sp³-hybridized carbons (Fsp3) is 0.571. The van der Waals surface area contributed by atoms with Gasteiger partial charge in [-0.15, -0.1) is 0 Å². The maximum atomic E-state index is 11.3. The van der Waals surface area contributed by atoms with Gasteiger partial charge in [-0.05, 0) is 27.3 Å². The molecule has 0 radical (unpaired) electrons. The topological polar surface area (TPSA) is 95.1 Å². The summed E-state index contributed by atoms with van der Waals surface area (Å²) in [6, 6.07) is -0.296. The summed E-state index contributed by atoms with van der Waals surface area (Å²) in [5.41, 5.74) is 0. The Morgan fingerprint density at radius 3 is 2.75 bits per heavy atom. The number of hydrogen-bond acceptors (Lipinski definition) is 5. The average Bonchev–Trinajstić information content (AvgIpc) is 2.69. The molecule has 1 saturated heterocycles. The third kappa shape index (κ3) is 2.09. The highest BCUT2D eigenvalue weighted by atomic mass is 79.9. The standard InChI is InChI=1S/C7H8BrN3O4S/c8-6-3-10(9-7(6)11(12)13)5-1-2-16(14,15)4-5/h3,5H,1-2,4H2. The zero-order valence-corrected chi connectivity index (χ0v) is 10.4. The van der Waals surface area contributed by atoms with Crippen LogP contribution < -0.4 is 0 Å². The van der Waals surface area contributed by atoms with Gasteiger partial charge in [0.05, 0.1) is 28.8 Å². The van der Waals surface area contributed by atoms with Gasteiger partial charge in [-0.25, -0.2) is 8.42 Å². The van der Waals surface area contributed by atoms with E-state index in [2.05, 4.69) is 21.0 Å². The molecule has 0 amide bonds. The van der Waals surface area contributed by atoms with E-state index in [9.17, 15) is 18.5 Å². The minimum absolute atomic E-state index is 0.00171. The second-order valence-electron chi connectivity index (χ2n) is 3.59. The van der Waals surface area contributed by atoms with E-state index >= 15 is 0 Å². The molecule has 0 saturated carbocycles. The Balaban J connectivity index is 2.30. The minimum Gasteiger partial charge on any atom is -0.358 e. The monoisotopic (exact) mass is 309 g/mol. The van der Waals surface area contributed by atoms with E-state index in [0.717, 1.165) is 0 Å². The van der Waals surface area contributed by atoms with Crippen LogP contribution in [0.2, 0.25) is 0 Å². The van der Waals surface area contributed by atoms with Gasteiger partial charge >= 0.3 is 5.82 Å². The molecule has 0 aliphatic carbocycles. The van der Waals surface area contributed by atoms with Gasteiger partial charge in [-0.2, -0.15) is 4.68 Å². The molecule has 1 atom stereocenters. The van der Waals surface area contributed by atoms with Crippen molar-refractivity contribution >= 4 is 31.6 Å². The predicted molar refractivity (Wildman–Crippen MR) is 58.9 cm³/mol. The number of sulfone groups is 1. The molecule has 88 valence electrons. The lowest BCUT2D eigenvalue weighted by atomic mass is 10.3. The first-order valence-electron chi connectivity index (χ1n) is 4.48. The van der Waals surface area contributed by atoms with Crippen molar-refractivity contribution in [2.24, 2.45) is 0 Å². The van der Waals surface area contributed by atoms with Gasteiger partial charge in [-0.3, -0.25) is 0 Å². The van der Waals surface area contributed by atoms with Gasteiger partial charge in [0.25, 0.3) is 0 Å². The van der Waals surface area contributed by atoms with E-state index in [1.165, 1.54) is 10.9 Å². The Morgan fingerprint density at radius 1 is 1.62 bits per heavy atom. The molecule has 0 aromatic carbocycles. The molecule has 0 bridgehead atoms. The molecule has 1 aromatic rings. The van der Waals surface area contributed by atoms with Crippen LogP contribution in [0.25, 0.3) is 0 Å². The van der Waals surface area contributed by atoms with Crippen LogP contribution in [0.15, 0.2) is 10.7 Å². The number of aromatic nitrogens is 2. The lowest BCUT2D eigenvalue weighted by molar-refractivity contribution is -0.390. The molecule has 1 aromatic heterocycles. The quantitative estimate of drug-likeness (QED) is 0.598. The number of hydrogen-bond donors (Lipinski definition) is 0. The predicted octanol–water partition coefficient (Wildman–Crippen LogP) is 0.913. The lowest BCUT2D eigenvalue weighted by Crippen LogP contribution is -2.11. The fourth-order valence-electron chi connectivity index (χ4n) is 1.65. The summed E-state index contributed by atoms with van der Waals surface area (Å²) in [7, 11) is -3.01. The molecule has 1 aliphatic heterocycles. The summed E-state index contributed by atoms with van der Waals surface area (Å²) in [6.07, 6.45) is 1.90. The van der Waals surface area contributed by atoms with Crippen LogP contribution in [0.3, 0.4) is 0 Å². The van der Waals surface area contributed by atoms with Gasteiger partial charge in [0.1, 0.15) is 4.47 Å². The van der Waals surface area contributed by atoms with E-state index < -0.39 is 14.8 Å². The Hall–Kier alpha value is -0.960. The van der Waals surface area contributed by atoms with Crippen LogP contribution >= 0.6 is 15.9 Å². The van der Waals surface area contributed by atoms with E-state index in [-0.39, 0.29) is 27.8 Å². The van der Waals surface area contributed by atoms with Gasteiger partial charge < -0.3 is 10.1 Å². The molecule has 1 fully saturated rings. The molecular formula is C7H8BrN3O4S. The largest absolute Gasteiger partial charge is 0.404 e. The summed E-state index contributed by atoms with van der Waals surface area (Å²) in [5, 5.41) is 14.3. The number of rotatable bonds is 2. The number of halogens is 1. The smallest absolute Gasteiger partial charge is 0.358 e. The normalized spacial score (nSPS) is 23.4. The highest BCUT2D eigenvalue weighted by molar-refractivity contribution is 9.10. The molecule has 1 aliphatic rings. The van der Waals surface area contributed by atoms with Crippen LogP contribution in [0.4, 0.5) is 5.82 Å². The number of nitro groups is 1. The van der Waals surface area contributed by atoms with E-state index in [1.807, 2.05) is 0 Å². The van der Waals surface area contributed by atoms with Crippen LogP contribution in [-0.4, -0.2) is 34.6 Å². The van der Waals surface area contributed by atoms with Crippen molar-refractivity contribution in [2.75, 3.05) is 11.5 Å². The van der Waals surface area contributed by atoms with Gasteiger partial charge in [0.2, 0.25) is 0 Å². The van der Waals surface area contributed by atoms with Gasteiger partial charge in [0, 0.05) is 0 Å². The van der Waals surface area contributed by atoms with Gasteiger partial charge in [0.15, 0.2) is 9.84 Å². The van der Waals surface area contributed by atoms with Crippen LogP contribution in [0, 0.1) is 10.1 Å². The zero-order chi connectivity index (χ0) is 11.9. The van der Waals surface area contributed by atoms with Crippen molar-refractivity contribution in [2.45, 2.75) is 12.5 Å². The third-order valence-corrected chi connectivity index (χ3v) is 4.73. The molecule has 2 rings (SSSR count). The molecule has 7 nitrogen and oxygen atoms in total. The number of nitrogens with zero attached hydrogens (tertiary/aromatic N) is 3. The summed E-state index contributed by atoms with van der Waals surface area (Å²) in [5.74, 6) is -0.175. The first-order chi connectivity index (χ1) is 7.39. The first kappa shape index (κ1) is 11.5. The molecule has 0 spiro atoms. The fourth-order valence-corrected chi connectivity index (χ4v) is 3.79. The Morgan fingerprint density at radius 2 is 2.31 bits per heavy atom. The van der Waals surface area contributed by atoms with Gasteiger partial charge in [-0.1, -0.05) is 0 Å². The molecule has 1 unspecified atom stereocenters. The van der Waals surface area contributed by atoms with Crippen LogP contribution in [0.5, 0.6) is 0 Å². The minimum atomic E-state index is -3.01. The summed E-state index contributed by atoms with van der Waals surface area (Å²) in [4.78, 5) is 9.95. The molecule has 16 heavy (non-hydrogen) atoms. The maximum absolute atomic E-state index is 11.3. The van der Waals surface area contributed by atoms with Crippen molar-refractivity contribution in [3.8, 4) is 0 Å². The summed E-state index contributed by atoms with van der Waals surface area (Å²) >= 11 is 3.02. The highest BCUT2D eigenvalue weighted by Crippen LogP contribution is 2.28. The van der Waals surface area contributed by atoms with E-state index in [4.69, 9.17) is 0 Å². The molecule has 9 heteroatoms. The van der Waals surface area contributed by atoms with Crippen molar-refractivity contribution in [3.63, 3.8) is 0 Å². The third-order valence-electron chi connectivity index (χ3n) is 2.42. The van der Waals surface area contributed by atoms with Crippen LogP contribution in [0.1, 0.15) is 12.5 Å². The van der Waals surface area contributed by atoms with Crippen molar-refractivity contribution in [1.82, 2.24) is 9.78 Å². The van der Waals surface area contributed by atoms with Crippen molar-refractivity contribution in [1.29, 1.82) is 0 Å². The van der Waals surface area contributed by atoms with Crippen molar-refractivity contribution in [3.05, 3.63) is 20.8 Å². The van der Waals surface area contributed by atoms with Crippen LogP contribution in [-0.2, 0) is 9.84 Å². The second kappa shape index (κ2) is 3.81. The summed E-state index contributed by atoms with van der Waals surface area (Å²) in [6.45, 7) is 0. The first-order valence-corrected chi connectivity index (χ1v) is 7.10. The SMILES string of the molecule is O=[N+]([O-])c1nn(C2CCS(=O)(=O)C2)cc1Br. The zero-order valence-electron chi connectivity index (χ0n) is 8.04. The Kier molecular flexibility index (Phi) is 2.74. The van der Waals surface area contributed by atoms with E-state index in [1.54, 1.807) is 0 Å².